The van der Waals surface area contributed by atoms with E-state index in [2.05, 4.69) is 10.3 Å². The van der Waals surface area contributed by atoms with E-state index < -0.39 is 0 Å². The van der Waals surface area contributed by atoms with Crippen LogP contribution in [0, 0.1) is 0 Å². The average molecular weight is 354 g/mol. The summed E-state index contributed by atoms with van der Waals surface area (Å²) >= 11 is 1.36. The second-order valence-corrected chi connectivity index (χ2v) is 6.15. The van der Waals surface area contributed by atoms with Gasteiger partial charge in [0.15, 0.2) is 16.6 Å². The van der Waals surface area contributed by atoms with Crippen molar-refractivity contribution in [3.8, 4) is 28.5 Å². The normalized spacial score (nSPS) is 12.0. The first-order valence-electron chi connectivity index (χ1n) is 7.54. The number of aromatic nitrogens is 1. The summed E-state index contributed by atoms with van der Waals surface area (Å²) < 4.78 is 15.8. The van der Waals surface area contributed by atoms with Crippen LogP contribution in [-0.4, -0.2) is 24.8 Å². The predicted octanol–water partition coefficient (Wildman–Crippen LogP) is 3.80. The van der Waals surface area contributed by atoms with Gasteiger partial charge in [-0.2, -0.15) is 0 Å². The molecule has 1 aromatic heterocycles. The molecule has 1 aliphatic rings. The average Bonchev–Trinajstić information content (AvgIpc) is 3.30. The van der Waals surface area contributed by atoms with Crippen LogP contribution in [0.2, 0.25) is 0 Å². The number of ether oxygens (including phenoxy) is 3. The first kappa shape index (κ1) is 15.5. The van der Waals surface area contributed by atoms with Gasteiger partial charge in [0.2, 0.25) is 6.79 Å². The molecule has 0 saturated carbocycles. The van der Waals surface area contributed by atoms with Gasteiger partial charge in [-0.1, -0.05) is 6.07 Å². The number of carbonyl (C=O) groups is 1. The topological polar surface area (TPSA) is 69.7 Å². The third-order valence-electron chi connectivity index (χ3n) is 3.72. The Labute approximate surface area is 148 Å². The lowest BCUT2D eigenvalue weighted by molar-refractivity contribution is 0.102. The molecule has 0 atom stereocenters. The minimum Gasteiger partial charge on any atom is -0.497 e. The fraction of sp³-hybridized carbons (Fsp3) is 0.111. The second kappa shape index (κ2) is 6.45. The summed E-state index contributed by atoms with van der Waals surface area (Å²) in [5.74, 6) is 1.83. The molecule has 2 heterocycles. The number of amides is 1. The van der Waals surface area contributed by atoms with Crippen LogP contribution >= 0.6 is 11.3 Å². The van der Waals surface area contributed by atoms with Crippen molar-refractivity contribution in [1.82, 2.24) is 4.98 Å². The molecule has 3 aromatic rings. The highest BCUT2D eigenvalue weighted by Gasteiger charge is 2.16. The van der Waals surface area contributed by atoms with Gasteiger partial charge in [-0.05, 0) is 36.4 Å². The van der Waals surface area contributed by atoms with Crippen molar-refractivity contribution in [2.75, 3.05) is 19.2 Å². The number of benzene rings is 2. The number of thiazole rings is 1. The van der Waals surface area contributed by atoms with Crippen LogP contribution in [0.25, 0.3) is 11.3 Å². The molecule has 1 amide bonds. The van der Waals surface area contributed by atoms with E-state index in [1.165, 1.54) is 11.3 Å². The zero-order chi connectivity index (χ0) is 17.2. The number of methoxy groups -OCH3 is 1. The molecule has 0 unspecified atom stereocenters. The van der Waals surface area contributed by atoms with Gasteiger partial charge < -0.3 is 14.2 Å². The number of hydrogen-bond donors (Lipinski definition) is 1. The molecule has 4 rings (SSSR count). The molecule has 2 aromatic carbocycles. The highest BCUT2D eigenvalue weighted by molar-refractivity contribution is 7.14. The standard InChI is InChI=1S/C18H14N2O4S/c1-22-13-4-2-3-12(7-13)17(21)20-18-19-14(9-25-18)11-5-6-15-16(8-11)24-10-23-15/h2-9H,10H2,1H3,(H,19,20,21). The van der Waals surface area contributed by atoms with E-state index in [1.54, 1.807) is 31.4 Å². The lowest BCUT2D eigenvalue weighted by Crippen LogP contribution is -2.11. The molecule has 1 N–H and O–H groups in total. The molecule has 25 heavy (non-hydrogen) atoms. The van der Waals surface area contributed by atoms with Gasteiger partial charge in [0.05, 0.1) is 12.8 Å². The van der Waals surface area contributed by atoms with Crippen LogP contribution < -0.4 is 19.5 Å². The zero-order valence-corrected chi connectivity index (χ0v) is 14.1. The van der Waals surface area contributed by atoms with Gasteiger partial charge in [0.1, 0.15) is 5.75 Å². The van der Waals surface area contributed by atoms with Crippen molar-refractivity contribution >= 4 is 22.4 Å². The number of fused-ring (bicyclic) bond motifs is 1. The molecule has 1 aliphatic heterocycles. The fourth-order valence-electron chi connectivity index (χ4n) is 2.45. The van der Waals surface area contributed by atoms with Gasteiger partial charge in [-0.25, -0.2) is 4.98 Å². The van der Waals surface area contributed by atoms with Crippen molar-refractivity contribution in [3.05, 3.63) is 53.4 Å². The Kier molecular flexibility index (Phi) is 3.99. The van der Waals surface area contributed by atoms with Gasteiger partial charge >= 0.3 is 0 Å². The molecule has 0 aliphatic carbocycles. The first-order valence-corrected chi connectivity index (χ1v) is 8.42. The monoisotopic (exact) mass is 354 g/mol. The molecule has 7 heteroatoms. The number of nitrogens with one attached hydrogen (secondary N) is 1. The number of anilines is 1. The van der Waals surface area contributed by atoms with Gasteiger partial charge in [-0.3, -0.25) is 10.1 Å². The fourth-order valence-corrected chi connectivity index (χ4v) is 3.17. The number of hydrogen-bond acceptors (Lipinski definition) is 6. The summed E-state index contributed by atoms with van der Waals surface area (Å²) in [6.07, 6.45) is 0. The molecule has 0 radical (unpaired) electrons. The third-order valence-corrected chi connectivity index (χ3v) is 4.48. The Hall–Kier alpha value is -3.06. The van der Waals surface area contributed by atoms with Gasteiger partial charge in [-0.15, -0.1) is 11.3 Å². The van der Waals surface area contributed by atoms with Crippen LogP contribution in [0.15, 0.2) is 47.8 Å². The van der Waals surface area contributed by atoms with E-state index in [4.69, 9.17) is 14.2 Å². The van der Waals surface area contributed by atoms with Crippen LogP contribution in [0.1, 0.15) is 10.4 Å². The van der Waals surface area contributed by atoms with E-state index in [-0.39, 0.29) is 12.7 Å². The first-order chi connectivity index (χ1) is 12.2. The summed E-state index contributed by atoms with van der Waals surface area (Å²) in [7, 11) is 1.56. The van der Waals surface area contributed by atoms with Crippen molar-refractivity contribution in [1.29, 1.82) is 0 Å². The largest absolute Gasteiger partial charge is 0.497 e. The zero-order valence-electron chi connectivity index (χ0n) is 13.3. The molecular weight excluding hydrogens is 340 g/mol. The Morgan fingerprint density at radius 3 is 2.96 bits per heavy atom. The molecule has 0 spiro atoms. The molecular formula is C18H14N2O4S. The summed E-state index contributed by atoms with van der Waals surface area (Å²) in [6.45, 7) is 0.234. The van der Waals surface area contributed by atoms with Crippen LogP contribution in [0.4, 0.5) is 5.13 Å². The maximum atomic E-state index is 12.3. The summed E-state index contributed by atoms with van der Waals surface area (Å²) in [6, 6.07) is 12.6. The Bertz CT molecular complexity index is 938. The number of nitrogens with zero attached hydrogens (tertiary/aromatic N) is 1. The van der Waals surface area contributed by atoms with E-state index >= 15 is 0 Å². The number of carbonyl (C=O) groups excluding carboxylic acids is 1. The van der Waals surface area contributed by atoms with E-state index in [0.717, 1.165) is 17.0 Å². The summed E-state index contributed by atoms with van der Waals surface area (Å²) in [5, 5.41) is 5.22. The SMILES string of the molecule is COc1cccc(C(=O)Nc2nc(-c3ccc4c(c3)OCO4)cs2)c1. The molecule has 0 fully saturated rings. The van der Waals surface area contributed by atoms with E-state index in [9.17, 15) is 4.79 Å². The quantitative estimate of drug-likeness (QED) is 0.772. The summed E-state index contributed by atoms with van der Waals surface area (Å²) in [5.41, 5.74) is 2.19. The van der Waals surface area contributed by atoms with Crippen molar-refractivity contribution in [2.24, 2.45) is 0 Å². The van der Waals surface area contributed by atoms with Crippen molar-refractivity contribution in [2.45, 2.75) is 0 Å². The molecule has 0 saturated heterocycles. The minimum absolute atomic E-state index is 0.231. The Morgan fingerprint density at radius 1 is 1.20 bits per heavy atom. The van der Waals surface area contributed by atoms with Crippen LogP contribution in [0.3, 0.4) is 0 Å². The Morgan fingerprint density at radius 2 is 2.08 bits per heavy atom. The van der Waals surface area contributed by atoms with Crippen molar-refractivity contribution < 1.29 is 19.0 Å². The van der Waals surface area contributed by atoms with Crippen LogP contribution in [-0.2, 0) is 0 Å². The van der Waals surface area contributed by atoms with E-state index in [1.807, 2.05) is 23.6 Å². The highest BCUT2D eigenvalue weighted by Crippen LogP contribution is 2.36. The van der Waals surface area contributed by atoms with E-state index in [0.29, 0.717) is 22.2 Å². The molecule has 0 bridgehead atoms. The lowest BCUT2D eigenvalue weighted by atomic mass is 10.1. The lowest BCUT2D eigenvalue weighted by Gasteiger charge is -2.04. The summed E-state index contributed by atoms with van der Waals surface area (Å²) in [4.78, 5) is 16.8. The predicted molar refractivity (Wildman–Crippen MR) is 94.6 cm³/mol. The maximum Gasteiger partial charge on any atom is 0.257 e. The van der Waals surface area contributed by atoms with Crippen LogP contribution in [0.5, 0.6) is 17.2 Å². The van der Waals surface area contributed by atoms with Gasteiger partial charge in [0, 0.05) is 16.5 Å². The maximum absolute atomic E-state index is 12.3. The smallest absolute Gasteiger partial charge is 0.257 e. The number of rotatable bonds is 4. The van der Waals surface area contributed by atoms with Gasteiger partial charge in [0.25, 0.3) is 5.91 Å². The molecule has 126 valence electrons. The molecule has 6 nitrogen and oxygen atoms in total. The minimum atomic E-state index is -0.231. The second-order valence-electron chi connectivity index (χ2n) is 5.29. The van der Waals surface area contributed by atoms with Crippen molar-refractivity contribution in [3.63, 3.8) is 0 Å². The third kappa shape index (κ3) is 3.14. The Balaban J connectivity index is 1.52. The highest BCUT2D eigenvalue weighted by atomic mass is 32.1.